The topological polar surface area (TPSA) is 37.8 Å². The van der Waals surface area contributed by atoms with Crippen molar-refractivity contribution in [3.63, 3.8) is 0 Å². The van der Waals surface area contributed by atoms with Crippen LogP contribution >= 0.6 is 11.8 Å². The van der Waals surface area contributed by atoms with Crippen molar-refractivity contribution in [1.82, 2.24) is 15.3 Å². The van der Waals surface area contributed by atoms with Gasteiger partial charge in [-0.3, -0.25) is 0 Å². The monoisotopic (exact) mass is 223 g/mol. The van der Waals surface area contributed by atoms with Crippen LogP contribution in [0.1, 0.15) is 30.3 Å². The molecule has 0 aliphatic carbocycles. The zero-order valence-corrected chi connectivity index (χ0v) is 10.2. The van der Waals surface area contributed by atoms with Crippen molar-refractivity contribution in [1.29, 1.82) is 0 Å². The Hall–Kier alpha value is -0.610. The maximum absolute atomic E-state index is 4.62. The number of thioether (sulfide) groups is 1. The molecule has 4 heteroatoms. The Kier molecular flexibility index (Phi) is 3.59. The molecule has 0 bridgehead atoms. The lowest BCUT2D eigenvalue weighted by molar-refractivity contribution is 0.600. The van der Waals surface area contributed by atoms with Crippen molar-refractivity contribution in [3.05, 3.63) is 17.0 Å². The summed E-state index contributed by atoms with van der Waals surface area (Å²) in [7, 11) is 0. The quantitative estimate of drug-likeness (QED) is 0.626. The van der Waals surface area contributed by atoms with Gasteiger partial charge in [0.25, 0.3) is 0 Å². The van der Waals surface area contributed by atoms with Crippen LogP contribution in [0, 0.1) is 0 Å². The molecule has 1 aliphatic rings. The molecule has 2 heterocycles. The zero-order valence-electron chi connectivity index (χ0n) is 9.34. The first-order valence-corrected chi connectivity index (χ1v) is 6.71. The highest BCUT2D eigenvalue weighted by atomic mass is 32.2. The van der Waals surface area contributed by atoms with Gasteiger partial charge in [-0.15, -0.1) is 0 Å². The fourth-order valence-corrected chi connectivity index (χ4v) is 2.35. The van der Waals surface area contributed by atoms with E-state index in [4.69, 9.17) is 0 Å². The van der Waals surface area contributed by atoms with Crippen LogP contribution in [0.15, 0.2) is 5.16 Å². The fourth-order valence-electron chi connectivity index (χ4n) is 1.95. The Labute approximate surface area is 95.1 Å². The highest BCUT2D eigenvalue weighted by molar-refractivity contribution is 7.98. The van der Waals surface area contributed by atoms with Crippen LogP contribution in [0.4, 0.5) is 0 Å². The molecular weight excluding hydrogens is 206 g/mol. The Balaban J connectivity index is 2.41. The number of nitrogens with one attached hydrogen (secondary N) is 1. The molecule has 0 unspecified atom stereocenters. The summed E-state index contributed by atoms with van der Waals surface area (Å²) in [5.74, 6) is 0. The van der Waals surface area contributed by atoms with E-state index in [9.17, 15) is 0 Å². The molecule has 1 aliphatic heterocycles. The molecule has 1 aromatic heterocycles. The minimum Gasteiger partial charge on any atom is -0.311 e. The number of rotatable bonds is 3. The van der Waals surface area contributed by atoms with E-state index in [1.807, 2.05) is 6.26 Å². The third kappa shape index (κ3) is 2.32. The summed E-state index contributed by atoms with van der Waals surface area (Å²) in [6.07, 6.45) is 5.36. The van der Waals surface area contributed by atoms with E-state index in [0.717, 1.165) is 37.5 Å². The lowest BCUT2D eigenvalue weighted by Crippen LogP contribution is -2.26. The molecule has 0 fully saturated rings. The SMILES string of the molecule is CCCc1nc(SC)nc2c1CCNC2. The highest BCUT2D eigenvalue weighted by Crippen LogP contribution is 2.20. The normalized spacial score (nSPS) is 15.1. The Morgan fingerprint density at radius 1 is 1.40 bits per heavy atom. The van der Waals surface area contributed by atoms with E-state index in [0.29, 0.717) is 0 Å². The van der Waals surface area contributed by atoms with Gasteiger partial charge in [-0.2, -0.15) is 0 Å². The van der Waals surface area contributed by atoms with Gasteiger partial charge in [0.1, 0.15) is 0 Å². The van der Waals surface area contributed by atoms with E-state index in [1.165, 1.54) is 17.0 Å². The highest BCUT2D eigenvalue weighted by Gasteiger charge is 2.16. The first-order chi connectivity index (χ1) is 7.35. The zero-order chi connectivity index (χ0) is 10.7. The summed E-state index contributed by atoms with van der Waals surface area (Å²) in [6, 6.07) is 0. The molecule has 0 saturated heterocycles. The third-order valence-electron chi connectivity index (χ3n) is 2.67. The van der Waals surface area contributed by atoms with Crippen LogP contribution in [0.25, 0.3) is 0 Å². The second kappa shape index (κ2) is 4.94. The first-order valence-electron chi connectivity index (χ1n) is 5.48. The van der Waals surface area contributed by atoms with Crippen molar-refractivity contribution in [3.8, 4) is 0 Å². The summed E-state index contributed by atoms with van der Waals surface area (Å²) in [5.41, 5.74) is 3.88. The molecule has 15 heavy (non-hydrogen) atoms. The molecule has 0 radical (unpaired) electrons. The molecule has 1 aromatic rings. The standard InChI is InChI=1S/C11H17N3S/c1-3-4-9-8-5-6-12-7-10(8)14-11(13-9)15-2/h12H,3-7H2,1-2H3. The fraction of sp³-hybridized carbons (Fsp3) is 0.636. The van der Waals surface area contributed by atoms with Crippen LogP contribution < -0.4 is 5.32 Å². The summed E-state index contributed by atoms with van der Waals surface area (Å²) in [4.78, 5) is 9.18. The van der Waals surface area contributed by atoms with Gasteiger partial charge in [-0.25, -0.2) is 9.97 Å². The minimum atomic E-state index is 0.905. The molecule has 0 spiro atoms. The number of hydrogen-bond acceptors (Lipinski definition) is 4. The lowest BCUT2D eigenvalue weighted by atomic mass is 10.0. The number of hydrogen-bond donors (Lipinski definition) is 1. The molecule has 1 N–H and O–H groups in total. The molecule has 2 rings (SSSR count). The molecule has 0 atom stereocenters. The van der Waals surface area contributed by atoms with Crippen LogP contribution in [0.3, 0.4) is 0 Å². The maximum atomic E-state index is 4.62. The largest absolute Gasteiger partial charge is 0.311 e. The van der Waals surface area contributed by atoms with Crippen molar-refractivity contribution in [2.45, 2.75) is 37.9 Å². The van der Waals surface area contributed by atoms with Crippen LogP contribution in [0.2, 0.25) is 0 Å². The number of aromatic nitrogens is 2. The molecular formula is C11H17N3S. The molecule has 0 amide bonds. The van der Waals surface area contributed by atoms with Crippen molar-refractivity contribution < 1.29 is 0 Å². The molecule has 3 nitrogen and oxygen atoms in total. The van der Waals surface area contributed by atoms with Gasteiger partial charge in [0, 0.05) is 12.2 Å². The Morgan fingerprint density at radius 3 is 3.00 bits per heavy atom. The number of aryl methyl sites for hydroxylation is 1. The minimum absolute atomic E-state index is 0.905. The van der Waals surface area contributed by atoms with Gasteiger partial charge in [0.2, 0.25) is 0 Å². The van der Waals surface area contributed by atoms with E-state index < -0.39 is 0 Å². The first kappa shape index (κ1) is 10.9. The summed E-state index contributed by atoms with van der Waals surface area (Å²) in [5, 5.41) is 4.28. The van der Waals surface area contributed by atoms with Crippen LogP contribution in [0.5, 0.6) is 0 Å². The van der Waals surface area contributed by atoms with Crippen LogP contribution in [-0.4, -0.2) is 22.8 Å². The second-order valence-electron chi connectivity index (χ2n) is 3.76. The second-order valence-corrected chi connectivity index (χ2v) is 4.53. The van der Waals surface area contributed by atoms with Gasteiger partial charge in [-0.1, -0.05) is 25.1 Å². The van der Waals surface area contributed by atoms with E-state index in [1.54, 1.807) is 11.8 Å². The summed E-state index contributed by atoms with van der Waals surface area (Å²) in [6.45, 7) is 4.17. The van der Waals surface area contributed by atoms with E-state index >= 15 is 0 Å². The van der Waals surface area contributed by atoms with E-state index in [2.05, 4.69) is 22.2 Å². The average molecular weight is 223 g/mol. The van der Waals surface area contributed by atoms with E-state index in [-0.39, 0.29) is 0 Å². The Bertz CT molecular complexity index is 352. The maximum Gasteiger partial charge on any atom is 0.187 e. The van der Waals surface area contributed by atoms with Gasteiger partial charge in [-0.05, 0) is 31.2 Å². The van der Waals surface area contributed by atoms with Gasteiger partial charge >= 0.3 is 0 Å². The predicted octanol–water partition coefficient (Wildman–Crippen LogP) is 1.80. The average Bonchev–Trinajstić information content (AvgIpc) is 2.29. The number of nitrogens with zero attached hydrogens (tertiary/aromatic N) is 2. The predicted molar refractivity (Wildman–Crippen MR) is 63.2 cm³/mol. The van der Waals surface area contributed by atoms with Crippen molar-refractivity contribution in [2.75, 3.05) is 12.8 Å². The lowest BCUT2D eigenvalue weighted by Gasteiger charge is -2.19. The van der Waals surface area contributed by atoms with Gasteiger partial charge in [0.15, 0.2) is 5.16 Å². The van der Waals surface area contributed by atoms with Crippen LogP contribution in [-0.2, 0) is 19.4 Å². The smallest absolute Gasteiger partial charge is 0.187 e. The molecule has 0 aromatic carbocycles. The third-order valence-corrected chi connectivity index (χ3v) is 3.22. The van der Waals surface area contributed by atoms with Gasteiger partial charge < -0.3 is 5.32 Å². The van der Waals surface area contributed by atoms with Crippen molar-refractivity contribution in [2.24, 2.45) is 0 Å². The van der Waals surface area contributed by atoms with Crippen molar-refractivity contribution >= 4 is 11.8 Å². The molecule has 82 valence electrons. The number of fused-ring (bicyclic) bond motifs is 1. The molecule has 0 saturated carbocycles. The van der Waals surface area contributed by atoms with Gasteiger partial charge in [0.05, 0.1) is 5.69 Å². The Morgan fingerprint density at radius 2 is 2.27 bits per heavy atom. The summed E-state index contributed by atoms with van der Waals surface area (Å²) >= 11 is 1.63. The summed E-state index contributed by atoms with van der Waals surface area (Å²) < 4.78 is 0.